The Morgan fingerprint density at radius 3 is 2.02 bits per heavy atom. The van der Waals surface area contributed by atoms with Gasteiger partial charge in [0.05, 0.1) is 54.8 Å². The van der Waals surface area contributed by atoms with Gasteiger partial charge in [0.25, 0.3) is 15.7 Å². The highest BCUT2D eigenvalue weighted by atomic mass is 35.5. The van der Waals surface area contributed by atoms with Gasteiger partial charge in [0, 0.05) is 13.1 Å². The maximum Gasteiger partial charge on any atom is 0.418 e. The number of anilines is 2. The molecule has 0 aliphatic rings. The standard InChI is InChI=1S/C25H15ClF6N4O6S2/c1-33(44(41,42)18-8-6-14-4-2-3-5-15(14)10-18)43-34(21-11-16(24(27,28)29)7-9-20(21)26)23-19(25(30,31)32)12-17(35(37)38)13-22(23)36(39)40/h2-13H,1H3. The maximum atomic E-state index is 14.3. The Bertz CT molecular complexity index is 1910. The Kier molecular flexibility index (Phi) is 8.76. The van der Waals surface area contributed by atoms with Crippen LogP contribution in [0.15, 0.2) is 77.7 Å². The minimum Gasteiger partial charge on any atom is -0.262 e. The molecule has 4 rings (SSSR count). The highest BCUT2D eigenvalue weighted by Gasteiger charge is 2.44. The van der Waals surface area contributed by atoms with Gasteiger partial charge in [0.15, 0.2) is 0 Å². The number of fused-ring (bicyclic) bond motifs is 1. The Balaban J connectivity index is 2.01. The van der Waals surface area contributed by atoms with Crippen molar-refractivity contribution in [2.75, 3.05) is 11.4 Å². The number of benzene rings is 4. The van der Waals surface area contributed by atoms with Gasteiger partial charge >= 0.3 is 18.0 Å². The molecule has 232 valence electrons. The summed E-state index contributed by atoms with van der Waals surface area (Å²) in [7, 11) is -3.82. The first-order chi connectivity index (χ1) is 20.3. The van der Waals surface area contributed by atoms with Crippen LogP contribution >= 0.6 is 23.7 Å². The van der Waals surface area contributed by atoms with Crippen molar-refractivity contribution >= 4 is 67.3 Å². The van der Waals surface area contributed by atoms with Crippen molar-refractivity contribution in [3.8, 4) is 0 Å². The lowest BCUT2D eigenvalue weighted by Gasteiger charge is -2.30. The highest BCUT2D eigenvalue weighted by Crippen LogP contribution is 2.51. The van der Waals surface area contributed by atoms with Crippen LogP contribution in [0, 0.1) is 20.2 Å². The van der Waals surface area contributed by atoms with Crippen molar-refractivity contribution < 1.29 is 44.6 Å². The molecule has 0 saturated carbocycles. The van der Waals surface area contributed by atoms with E-state index in [2.05, 4.69) is 0 Å². The van der Waals surface area contributed by atoms with Crippen LogP contribution in [-0.2, 0) is 22.4 Å². The molecule has 0 atom stereocenters. The second kappa shape index (κ2) is 11.8. The molecule has 19 heteroatoms. The monoisotopic (exact) mass is 680 g/mol. The van der Waals surface area contributed by atoms with Gasteiger partial charge in [-0.2, -0.15) is 26.3 Å². The van der Waals surface area contributed by atoms with Gasteiger partial charge in [-0.3, -0.25) is 24.5 Å². The zero-order chi connectivity index (χ0) is 32.8. The van der Waals surface area contributed by atoms with E-state index in [0.717, 1.165) is 7.05 Å². The number of sulfonamides is 1. The average Bonchev–Trinajstić information content (AvgIpc) is 2.94. The second-order valence-electron chi connectivity index (χ2n) is 8.84. The third kappa shape index (κ3) is 6.52. The van der Waals surface area contributed by atoms with Gasteiger partial charge in [0.2, 0.25) is 0 Å². The molecule has 0 aromatic heterocycles. The Hall–Kier alpha value is -4.13. The number of nitro groups is 2. The van der Waals surface area contributed by atoms with E-state index in [0.29, 0.717) is 26.6 Å². The van der Waals surface area contributed by atoms with Crippen molar-refractivity contribution in [3.63, 3.8) is 0 Å². The van der Waals surface area contributed by atoms with Gasteiger partial charge in [0.1, 0.15) is 5.69 Å². The summed E-state index contributed by atoms with van der Waals surface area (Å²) in [5.41, 5.74) is -8.83. The van der Waals surface area contributed by atoms with Gasteiger partial charge in [-0.1, -0.05) is 41.9 Å². The van der Waals surface area contributed by atoms with Crippen LogP contribution in [0.1, 0.15) is 11.1 Å². The fourth-order valence-corrected chi connectivity index (χ4v) is 6.58. The van der Waals surface area contributed by atoms with Crippen molar-refractivity contribution in [1.82, 2.24) is 3.71 Å². The van der Waals surface area contributed by atoms with Crippen LogP contribution in [0.5, 0.6) is 0 Å². The lowest BCUT2D eigenvalue weighted by Crippen LogP contribution is -2.27. The van der Waals surface area contributed by atoms with Gasteiger partial charge in [-0.05, 0) is 41.1 Å². The predicted molar refractivity (Wildman–Crippen MR) is 150 cm³/mol. The lowest BCUT2D eigenvalue weighted by molar-refractivity contribution is -0.394. The molecule has 0 bridgehead atoms. The van der Waals surface area contributed by atoms with Crippen molar-refractivity contribution in [2.45, 2.75) is 17.2 Å². The molecular weight excluding hydrogens is 666 g/mol. The molecule has 0 aliphatic heterocycles. The third-order valence-corrected chi connectivity index (χ3v) is 9.44. The maximum absolute atomic E-state index is 14.3. The fourth-order valence-electron chi connectivity index (χ4n) is 3.96. The molecule has 0 aliphatic carbocycles. The molecule has 0 fully saturated rings. The molecule has 0 heterocycles. The highest BCUT2D eigenvalue weighted by molar-refractivity contribution is 8.09. The molecule has 44 heavy (non-hydrogen) atoms. The molecule has 4 aromatic rings. The summed E-state index contributed by atoms with van der Waals surface area (Å²) in [4.78, 5) is 20.2. The molecular formula is C25H15ClF6N4O6S2. The van der Waals surface area contributed by atoms with Crippen molar-refractivity contribution in [3.05, 3.63) is 109 Å². The molecule has 0 unspecified atom stereocenters. The number of non-ortho nitro benzene ring substituents is 1. The smallest absolute Gasteiger partial charge is 0.262 e. The average molecular weight is 681 g/mol. The second-order valence-corrected chi connectivity index (χ2v) is 12.5. The summed E-state index contributed by atoms with van der Waals surface area (Å²) in [6, 6.07) is 11.9. The molecule has 10 nitrogen and oxygen atoms in total. The van der Waals surface area contributed by atoms with E-state index in [9.17, 15) is 55.0 Å². The van der Waals surface area contributed by atoms with Crippen molar-refractivity contribution in [2.24, 2.45) is 0 Å². The Morgan fingerprint density at radius 1 is 0.818 bits per heavy atom. The van der Waals surface area contributed by atoms with E-state index in [-0.39, 0.29) is 39.5 Å². The zero-order valence-corrected chi connectivity index (χ0v) is 24.0. The first-order valence-electron chi connectivity index (χ1n) is 11.7. The number of nitrogens with zero attached hydrogens (tertiary/aromatic N) is 4. The molecule has 0 radical (unpaired) electrons. The van der Waals surface area contributed by atoms with Gasteiger partial charge < -0.3 is 0 Å². The van der Waals surface area contributed by atoms with E-state index >= 15 is 0 Å². The summed E-state index contributed by atoms with van der Waals surface area (Å²) in [6.07, 6.45) is -10.6. The largest absolute Gasteiger partial charge is 0.418 e. The first kappa shape index (κ1) is 32.8. The van der Waals surface area contributed by atoms with Crippen molar-refractivity contribution in [1.29, 1.82) is 0 Å². The number of rotatable bonds is 8. The van der Waals surface area contributed by atoms with Crippen LogP contribution in [0.2, 0.25) is 5.02 Å². The van der Waals surface area contributed by atoms with Gasteiger partial charge in [-0.25, -0.2) is 8.42 Å². The van der Waals surface area contributed by atoms with E-state index in [1.54, 1.807) is 24.3 Å². The first-order valence-corrected chi connectivity index (χ1v) is 14.2. The Morgan fingerprint density at radius 2 is 1.45 bits per heavy atom. The minimum absolute atomic E-state index is 0.0603. The minimum atomic E-state index is -5.56. The third-order valence-electron chi connectivity index (χ3n) is 6.04. The molecule has 4 aromatic carbocycles. The molecule has 0 saturated heterocycles. The summed E-state index contributed by atoms with van der Waals surface area (Å²) < 4.78 is 112. The summed E-state index contributed by atoms with van der Waals surface area (Å²) in [5.74, 6) is 0. The quantitative estimate of drug-likeness (QED) is 0.0786. The number of hydrogen-bond donors (Lipinski definition) is 0. The van der Waals surface area contributed by atoms with Crippen LogP contribution in [-0.4, -0.2) is 29.0 Å². The lowest BCUT2D eigenvalue weighted by atomic mass is 10.1. The van der Waals surface area contributed by atoms with E-state index in [1.165, 1.54) is 18.2 Å². The zero-order valence-electron chi connectivity index (χ0n) is 21.6. The molecule has 0 amide bonds. The van der Waals surface area contributed by atoms with E-state index in [1.807, 2.05) is 0 Å². The topological polar surface area (TPSA) is 127 Å². The van der Waals surface area contributed by atoms with Gasteiger partial charge in [-0.15, -0.1) is 3.71 Å². The number of halogens is 7. The van der Waals surface area contributed by atoms with Crippen LogP contribution in [0.4, 0.5) is 49.1 Å². The molecule has 0 spiro atoms. The summed E-state index contributed by atoms with van der Waals surface area (Å²) >= 11 is 5.92. The number of alkyl halides is 6. The number of nitro benzene ring substituents is 2. The SMILES string of the molecule is CN(SN(c1cc(C(F)(F)F)ccc1Cl)c1c([N+](=O)[O-])cc([N+](=O)[O-])cc1C(F)(F)F)S(=O)(=O)c1ccc2ccccc2c1. The summed E-state index contributed by atoms with van der Waals surface area (Å²) in [6.45, 7) is 0. The van der Waals surface area contributed by atoms with Crippen LogP contribution in [0.25, 0.3) is 10.8 Å². The number of hydrogen-bond acceptors (Lipinski definition) is 8. The molecule has 0 N–H and O–H groups in total. The summed E-state index contributed by atoms with van der Waals surface area (Å²) in [5, 5.41) is 23.7. The van der Waals surface area contributed by atoms with E-state index < -0.39 is 71.1 Å². The fraction of sp³-hybridized carbons (Fsp3) is 0.120. The normalized spacial score (nSPS) is 12.5. The predicted octanol–water partition coefficient (Wildman–Crippen LogP) is 8.37. The van der Waals surface area contributed by atoms with Crippen LogP contribution in [0.3, 0.4) is 0 Å². The van der Waals surface area contributed by atoms with Crippen LogP contribution < -0.4 is 4.31 Å². The Labute approximate surface area is 253 Å². The van der Waals surface area contributed by atoms with E-state index in [4.69, 9.17) is 11.6 Å².